The topological polar surface area (TPSA) is 61.3 Å². The molecule has 0 unspecified atom stereocenters. The van der Waals surface area contributed by atoms with Crippen molar-refractivity contribution in [3.05, 3.63) is 29.5 Å². The van der Waals surface area contributed by atoms with E-state index in [0.29, 0.717) is 5.17 Å². The summed E-state index contributed by atoms with van der Waals surface area (Å²) in [5, 5.41) is 12.8. The number of rotatable bonds is 2. The lowest BCUT2D eigenvalue weighted by Crippen LogP contribution is -2.12. The number of thioether (sulfide) groups is 1. The number of amidine groups is 1. The molecule has 2 aromatic rings. The number of benzene rings is 1. The van der Waals surface area contributed by atoms with Gasteiger partial charge in [0.1, 0.15) is 11.3 Å². The molecule has 0 saturated carbocycles. The second kappa shape index (κ2) is 5.81. The molecular weight excluding hydrogens is 258 g/mol. The van der Waals surface area contributed by atoms with E-state index in [1.807, 2.05) is 30.6 Å². The molecule has 1 heterocycles. The number of nitriles is 1. The van der Waals surface area contributed by atoms with E-state index in [1.54, 1.807) is 0 Å². The Bertz CT molecular complexity index is 667. The van der Waals surface area contributed by atoms with Gasteiger partial charge in [-0.1, -0.05) is 18.7 Å². The van der Waals surface area contributed by atoms with E-state index < -0.39 is 0 Å². The molecule has 1 N–H and O–H groups in total. The van der Waals surface area contributed by atoms with Crippen molar-refractivity contribution in [3.8, 4) is 6.19 Å². The van der Waals surface area contributed by atoms with Crippen LogP contribution in [0.4, 0.5) is 5.69 Å². The molecule has 0 spiro atoms. The van der Waals surface area contributed by atoms with Gasteiger partial charge in [0.25, 0.3) is 0 Å². The van der Waals surface area contributed by atoms with Crippen LogP contribution in [0.5, 0.6) is 0 Å². The maximum absolute atomic E-state index is 8.63. The Kier molecular flexibility index (Phi) is 4.13. The molecule has 0 amide bonds. The van der Waals surface area contributed by atoms with Gasteiger partial charge < -0.3 is 4.42 Å². The number of nitrogens with zero attached hydrogens (tertiary/aromatic N) is 2. The highest BCUT2D eigenvalue weighted by atomic mass is 32.2. The van der Waals surface area contributed by atoms with Crippen LogP contribution in [-0.4, -0.2) is 11.4 Å². The first-order valence-corrected chi connectivity index (χ1v) is 7.21. The molecule has 0 saturated heterocycles. The summed E-state index contributed by atoms with van der Waals surface area (Å²) < 4.78 is 5.76. The number of nitrogens with one attached hydrogen (secondary N) is 1. The minimum atomic E-state index is 0.582. The predicted molar refractivity (Wildman–Crippen MR) is 79.7 cm³/mol. The molecule has 0 bridgehead atoms. The lowest BCUT2D eigenvalue weighted by Gasteiger charge is -1.99. The molecule has 5 heteroatoms. The highest BCUT2D eigenvalue weighted by Crippen LogP contribution is 2.29. The average molecular weight is 273 g/mol. The highest BCUT2D eigenvalue weighted by Gasteiger charge is 2.09. The fraction of sp³-hybridized carbons (Fsp3) is 0.286. The molecule has 19 heavy (non-hydrogen) atoms. The Balaban J connectivity index is 2.47. The molecular formula is C14H15N3OS. The largest absolute Gasteiger partial charge is 0.461 e. The average Bonchev–Trinajstić information content (AvgIpc) is 2.75. The molecule has 0 aliphatic carbocycles. The van der Waals surface area contributed by atoms with Crippen molar-refractivity contribution >= 4 is 33.6 Å². The fourth-order valence-electron chi connectivity index (χ4n) is 1.96. The number of hydrogen-bond donors (Lipinski definition) is 1. The zero-order valence-corrected chi connectivity index (χ0v) is 12.0. The SMILES string of the molecule is CCc1oc2ccc(N=C(NC#N)SC)cc2c1C. The molecule has 1 aromatic heterocycles. The van der Waals surface area contributed by atoms with Crippen molar-refractivity contribution in [1.82, 2.24) is 5.32 Å². The zero-order valence-electron chi connectivity index (χ0n) is 11.2. The van der Waals surface area contributed by atoms with Crippen LogP contribution >= 0.6 is 11.8 Å². The minimum Gasteiger partial charge on any atom is -0.461 e. The fourth-order valence-corrected chi connectivity index (χ4v) is 2.30. The quantitative estimate of drug-likeness (QED) is 0.392. The van der Waals surface area contributed by atoms with Crippen molar-refractivity contribution in [1.29, 1.82) is 5.26 Å². The van der Waals surface area contributed by atoms with Crippen LogP contribution in [0.25, 0.3) is 11.0 Å². The number of aliphatic imine (C=N–C) groups is 1. The third-order valence-electron chi connectivity index (χ3n) is 2.93. The maximum Gasteiger partial charge on any atom is 0.183 e. The van der Waals surface area contributed by atoms with Crippen LogP contribution in [-0.2, 0) is 6.42 Å². The van der Waals surface area contributed by atoms with Gasteiger partial charge in [-0.3, -0.25) is 5.32 Å². The molecule has 1 aromatic carbocycles. The van der Waals surface area contributed by atoms with E-state index in [-0.39, 0.29) is 0 Å². The van der Waals surface area contributed by atoms with Crippen LogP contribution in [0.3, 0.4) is 0 Å². The Morgan fingerprint density at radius 2 is 2.32 bits per heavy atom. The van der Waals surface area contributed by atoms with Crippen molar-refractivity contribution in [3.63, 3.8) is 0 Å². The number of aryl methyl sites for hydroxylation is 2. The van der Waals surface area contributed by atoms with E-state index >= 15 is 0 Å². The first kappa shape index (κ1) is 13.5. The van der Waals surface area contributed by atoms with Gasteiger partial charge in [0.15, 0.2) is 11.4 Å². The van der Waals surface area contributed by atoms with E-state index in [1.165, 1.54) is 11.8 Å². The number of fused-ring (bicyclic) bond motifs is 1. The first-order valence-electron chi connectivity index (χ1n) is 5.99. The summed E-state index contributed by atoms with van der Waals surface area (Å²) in [6.07, 6.45) is 4.64. The van der Waals surface area contributed by atoms with E-state index in [4.69, 9.17) is 9.68 Å². The smallest absolute Gasteiger partial charge is 0.183 e. The number of hydrogen-bond acceptors (Lipinski definition) is 4. The van der Waals surface area contributed by atoms with Crippen molar-refractivity contribution in [2.24, 2.45) is 4.99 Å². The maximum atomic E-state index is 8.63. The molecule has 0 fully saturated rings. The van der Waals surface area contributed by atoms with Crippen molar-refractivity contribution < 1.29 is 4.42 Å². The second-order valence-electron chi connectivity index (χ2n) is 4.04. The summed E-state index contributed by atoms with van der Waals surface area (Å²) in [6.45, 7) is 4.13. The van der Waals surface area contributed by atoms with Gasteiger partial charge in [-0.25, -0.2) is 4.99 Å². The summed E-state index contributed by atoms with van der Waals surface area (Å²) in [6, 6.07) is 5.80. The van der Waals surface area contributed by atoms with Crippen LogP contribution in [0, 0.1) is 18.4 Å². The molecule has 0 atom stereocenters. The van der Waals surface area contributed by atoms with E-state index in [2.05, 4.69) is 24.2 Å². The third-order valence-corrected chi connectivity index (χ3v) is 3.51. The summed E-state index contributed by atoms with van der Waals surface area (Å²) >= 11 is 1.40. The van der Waals surface area contributed by atoms with Crippen molar-refractivity contribution in [2.45, 2.75) is 20.3 Å². The standard InChI is InChI=1S/C14H15N3OS/c1-4-12-9(2)11-7-10(5-6-13(11)18-12)17-14(19-3)16-8-15/h5-7H,4H2,1-3H3,(H,16,17). The molecule has 2 rings (SSSR count). The summed E-state index contributed by atoms with van der Waals surface area (Å²) in [4.78, 5) is 4.40. The Hall–Kier alpha value is -1.93. The molecule has 0 aliphatic heterocycles. The molecule has 0 aliphatic rings. The second-order valence-corrected chi connectivity index (χ2v) is 4.84. The van der Waals surface area contributed by atoms with Crippen molar-refractivity contribution in [2.75, 3.05) is 6.26 Å². The third kappa shape index (κ3) is 2.74. The lowest BCUT2D eigenvalue weighted by molar-refractivity contribution is 0.553. The Morgan fingerprint density at radius 1 is 1.53 bits per heavy atom. The van der Waals surface area contributed by atoms with Gasteiger partial charge in [-0.15, -0.1) is 0 Å². The predicted octanol–water partition coefficient (Wildman–Crippen LogP) is 3.72. The monoisotopic (exact) mass is 273 g/mol. The van der Waals surface area contributed by atoms with E-state index in [0.717, 1.165) is 34.4 Å². The van der Waals surface area contributed by atoms with Crippen LogP contribution in [0.2, 0.25) is 0 Å². The summed E-state index contributed by atoms with van der Waals surface area (Å²) in [7, 11) is 0. The van der Waals surface area contributed by atoms with Gasteiger partial charge in [0.2, 0.25) is 0 Å². The van der Waals surface area contributed by atoms with Gasteiger partial charge in [0, 0.05) is 11.8 Å². The molecule has 4 nitrogen and oxygen atoms in total. The molecule has 98 valence electrons. The van der Waals surface area contributed by atoms with Gasteiger partial charge in [-0.05, 0) is 36.9 Å². The summed E-state index contributed by atoms with van der Waals surface area (Å²) in [5.74, 6) is 1.01. The minimum absolute atomic E-state index is 0.582. The normalized spacial score (nSPS) is 11.6. The van der Waals surface area contributed by atoms with Gasteiger partial charge in [0.05, 0.1) is 5.69 Å². The van der Waals surface area contributed by atoms with Crippen LogP contribution in [0.15, 0.2) is 27.6 Å². The number of furan rings is 1. The highest BCUT2D eigenvalue weighted by molar-refractivity contribution is 8.13. The summed E-state index contributed by atoms with van der Waals surface area (Å²) in [5.41, 5.74) is 2.85. The van der Waals surface area contributed by atoms with Crippen LogP contribution < -0.4 is 5.32 Å². The molecule has 0 radical (unpaired) electrons. The zero-order chi connectivity index (χ0) is 13.8. The Morgan fingerprint density at radius 3 is 2.95 bits per heavy atom. The van der Waals surface area contributed by atoms with E-state index in [9.17, 15) is 0 Å². The van der Waals surface area contributed by atoms with Gasteiger partial charge >= 0.3 is 0 Å². The van der Waals surface area contributed by atoms with Crippen LogP contribution in [0.1, 0.15) is 18.2 Å². The first-order chi connectivity index (χ1) is 9.19. The Labute approximate surface area is 116 Å². The van der Waals surface area contributed by atoms with Gasteiger partial charge in [-0.2, -0.15) is 5.26 Å². The lowest BCUT2D eigenvalue weighted by atomic mass is 10.1.